The van der Waals surface area contributed by atoms with Crippen molar-refractivity contribution < 1.29 is 14.3 Å². The Labute approximate surface area is 153 Å². The summed E-state index contributed by atoms with van der Waals surface area (Å²) in [5.74, 6) is 0.834. The molecule has 0 aliphatic heterocycles. The summed E-state index contributed by atoms with van der Waals surface area (Å²) < 4.78 is 12.4. The number of benzene rings is 2. The Hall–Kier alpha value is -2.79. The smallest absolute Gasteiger partial charge is 0.224 e. The average molecular weight is 352 g/mol. The monoisotopic (exact) mass is 352 g/mol. The lowest BCUT2D eigenvalue weighted by Gasteiger charge is -2.09. The highest BCUT2D eigenvalue weighted by Crippen LogP contribution is 2.25. The molecule has 0 fully saturated rings. The molecule has 5 heteroatoms. The summed E-state index contributed by atoms with van der Waals surface area (Å²) in [6.07, 6.45) is 3.16. The molecule has 0 saturated heterocycles. The SMILES string of the molecule is COCCn1ccc2c(NC(=O)CCc3ccc(OC)cc3)cccc21. The minimum absolute atomic E-state index is 0.0120. The molecule has 0 aliphatic carbocycles. The van der Waals surface area contributed by atoms with Gasteiger partial charge in [0.25, 0.3) is 0 Å². The molecule has 0 bridgehead atoms. The molecule has 0 unspecified atom stereocenters. The van der Waals surface area contributed by atoms with Gasteiger partial charge in [-0.15, -0.1) is 0 Å². The molecule has 0 aliphatic rings. The number of nitrogens with one attached hydrogen (secondary N) is 1. The van der Waals surface area contributed by atoms with E-state index in [1.807, 2.05) is 48.7 Å². The molecule has 1 aromatic heterocycles. The van der Waals surface area contributed by atoms with Gasteiger partial charge < -0.3 is 19.4 Å². The van der Waals surface area contributed by atoms with Crippen LogP contribution in [0.4, 0.5) is 5.69 Å². The van der Waals surface area contributed by atoms with E-state index in [1.165, 1.54) is 0 Å². The third-order valence-corrected chi connectivity index (χ3v) is 4.42. The highest BCUT2D eigenvalue weighted by atomic mass is 16.5. The van der Waals surface area contributed by atoms with E-state index in [1.54, 1.807) is 14.2 Å². The molecular formula is C21H24N2O3. The average Bonchev–Trinajstić information content (AvgIpc) is 3.09. The van der Waals surface area contributed by atoms with Gasteiger partial charge in [0.1, 0.15) is 5.75 Å². The normalized spacial score (nSPS) is 10.8. The third kappa shape index (κ3) is 4.24. The second-order valence-electron chi connectivity index (χ2n) is 6.14. The molecule has 3 aromatic rings. The number of aryl methyl sites for hydroxylation is 1. The molecule has 0 spiro atoms. The Bertz CT molecular complexity index is 869. The summed E-state index contributed by atoms with van der Waals surface area (Å²) in [6, 6.07) is 15.8. The number of anilines is 1. The molecule has 1 amide bonds. The number of carbonyl (C=O) groups excluding carboxylic acids is 1. The maximum absolute atomic E-state index is 12.4. The molecule has 136 valence electrons. The van der Waals surface area contributed by atoms with Gasteiger partial charge in [0, 0.05) is 31.7 Å². The number of carbonyl (C=O) groups is 1. The first kappa shape index (κ1) is 18.0. The van der Waals surface area contributed by atoms with E-state index in [0.29, 0.717) is 19.4 Å². The van der Waals surface area contributed by atoms with Crippen molar-refractivity contribution in [1.82, 2.24) is 4.57 Å². The van der Waals surface area contributed by atoms with E-state index in [2.05, 4.69) is 16.0 Å². The zero-order valence-corrected chi connectivity index (χ0v) is 15.2. The van der Waals surface area contributed by atoms with Gasteiger partial charge in [0.2, 0.25) is 5.91 Å². The van der Waals surface area contributed by atoms with E-state index >= 15 is 0 Å². The van der Waals surface area contributed by atoms with Crippen LogP contribution >= 0.6 is 0 Å². The third-order valence-electron chi connectivity index (χ3n) is 4.42. The van der Waals surface area contributed by atoms with Gasteiger partial charge in [0.05, 0.1) is 24.9 Å². The van der Waals surface area contributed by atoms with Gasteiger partial charge in [-0.05, 0) is 42.3 Å². The van der Waals surface area contributed by atoms with Gasteiger partial charge in [-0.25, -0.2) is 0 Å². The number of fused-ring (bicyclic) bond motifs is 1. The minimum atomic E-state index is 0.0120. The summed E-state index contributed by atoms with van der Waals surface area (Å²) in [4.78, 5) is 12.4. The van der Waals surface area contributed by atoms with Crippen LogP contribution in [-0.2, 0) is 22.5 Å². The number of nitrogens with zero attached hydrogens (tertiary/aromatic N) is 1. The fourth-order valence-corrected chi connectivity index (χ4v) is 2.98. The first-order valence-corrected chi connectivity index (χ1v) is 8.71. The molecule has 2 aromatic carbocycles. The molecule has 5 nitrogen and oxygen atoms in total. The predicted molar refractivity (Wildman–Crippen MR) is 104 cm³/mol. The Balaban J connectivity index is 1.64. The summed E-state index contributed by atoms with van der Waals surface area (Å²) in [6.45, 7) is 1.44. The van der Waals surface area contributed by atoms with Gasteiger partial charge in [-0.2, -0.15) is 0 Å². The lowest BCUT2D eigenvalue weighted by atomic mass is 10.1. The molecule has 0 saturated carbocycles. The van der Waals surface area contributed by atoms with Crippen molar-refractivity contribution in [1.29, 1.82) is 0 Å². The number of rotatable bonds is 8. The van der Waals surface area contributed by atoms with Crippen molar-refractivity contribution in [2.75, 3.05) is 26.1 Å². The lowest BCUT2D eigenvalue weighted by molar-refractivity contribution is -0.116. The van der Waals surface area contributed by atoms with E-state index < -0.39 is 0 Å². The summed E-state index contributed by atoms with van der Waals surface area (Å²) in [5, 5.41) is 4.08. The van der Waals surface area contributed by atoms with Crippen LogP contribution in [0.15, 0.2) is 54.7 Å². The van der Waals surface area contributed by atoms with Crippen LogP contribution in [-0.4, -0.2) is 31.3 Å². The van der Waals surface area contributed by atoms with E-state index in [-0.39, 0.29) is 5.91 Å². The Kier molecular flexibility index (Phi) is 5.92. The Morgan fingerprint density at radius 3 is 2.62 bits per heavy atom. The maximum Gasteiger partial charge on any atom is 0.224 e. The fourth-order valence-electron chi connectivity index (χ4n) is 2.98. The predicted octanol–water partition coefficient (Wildman–Crippen LogP) is 3.87. The summed E-state index contributed by atoms with van der Waals surface area (Å²) in [7, 11) is 3.34. The largest absolute Gasteiger partial charge is 0.497 e. The fraction of sp³-hybridized carbons (Fsp3) is 0.286. The second kappa shape index (κ2) is 8.54. The molecule has 1 heterocycles. The zero-order valence-electron chi connectivity index (χ0n) is 15.2. The van der Waals surface area contributed by atoms with Gasteiger partial charge in [0.15, 0.2) is 0 Å². The van der Waals surface area contributed by atoms with Gasteiger partial charge >= 0.3 is 0 Å². The molecule has 0 atom stereocenters. The van der Waals surface area contributed by atoms with Crippen LogP contribution in [0.25, 0.3) is 10.9 Å². The number of ether oxygens (including phenoxy) is 2. The molecule has 3 rings (SSSR count). The van der Waals surface area contributed by atoms with Crippen molar-refractivity contribution in [3.8, 4) is 5.75 Å². The lowest BCUT2D eigenvalue weighted by Crippen LogP contribution is -2.12. The zero-order chi connectivity index (χ0) is 18.4. The van der Waals surface area contributed by atoms with Crippen LogP contribution in [0.1, 0.15) is 12.0 Å². The Morgan fingerprint density at radius 1 is 1.08 bits per heavy atom. The molecule has 1 N–H and O–H groups in total. The number of amides is 1. The topological polar surface area (TPSA) is 52.5 Å². The van der Waals surface area contributed by atoms with E-state index in [9.17, 15) is 4.79 Å². The standard InChI is InChI=1S/C21H24N2O3/c1-25-15-14-23-13-12-18-19(4-3-5-20(18)23)22-21(24)11-8-16-6-9-17(26-2)10-7-16/h3-7,9-10,12-13H,8,11,14-15H2,1-2H3,(H,22,24). The quantitative estimate of drug-likeness (QED) is 0.670. The molecular weight excluding hydrogens is 328 g/mol. The van der Waals surface area contributed by atoms with Gasteiger partial charge in [-0.3, -0.25) is 4.79 Å². The van der Waals surface area contributed by atoms with Crippen molar-refractivity contribution in [2.24, 2.45) is 0 Å². The van der Waals surface area contributed by atoms with Crippen LogP contribution in [0.3, 0.4) is 0 Å². The van der Waals surface area contributed by atoms with E-state index in [4.69, 9.17) is 9.47 Å². The molecule has 0 radical (unpaired) electrons. The van der Waals surface area contributed by atoms with Crippen molar-refractivity contribution in [3.63, 3.8) is 0 Å². The van der Waals surface area contributed by atoms with Crippen molar-refractivity contribution >= 4 is 22.5 Å². The highest BCUT2D eigenvalue weighted by Gasteiger charge is 2.09. The minimum Gasteiger partial charge on any atom is -0.497 e. The van der Waals surface area contributed by atoms with Crippen LogP contribution in [0, 0.1) is 0 Å². The summed E-state index contributed by atoms with van der Waals surface area (Å²) >= 11 is 0. The first-order valence-electron chi connectivity index (χ1n) is 8.71. The highest BCUT2D eigenvalue weighted by molar-refractivity contribution is 6.01. The molecule has 26 heavy (non-hydrogen) atoms. The second-order valence-corrected chi connectivity index (χ2v) is 6.14. The van der Waals surface area contributed by atoms with Crippen molar-refractivity contribution in [2.45, 2.75) is 19.4 Å². The maximum atomic E-state index is 12.4. The Morgan fingerprint density at radius 2 is 1.88 bits per heavy atom. The van der Waals surface area contributed by atoms with Gasteiger partial charge in [-0.1, -0.05) is 18.2 Å². The number of hydrogen-bond acceptors (Lipinski definition) is 3. The number of aromatic nitrogens is 1. The van der Waals surface area contributed by atoms with Crippen molar-refractivity contribution in [3.05, 3.63) is 60.3 Å². The first-order chi connectivity index (χ1) is 12.7. The van der Waals surface area contributed by atoms with Crippen LogP contribution < -0.4 is 10.1 Å². The number of methoxy groups -OCH3 is 2. The summed E-state index contributed by atoms with van der Waals surface area (Å²) in [5.41, 5.74) is 3.05. The number of hydrogen-bond donors (Lipinski definition) is 1. The van der Waals surface area contributed by atoms with Crippen LogP contribution in [0.2, 0.25) is 0 Å². The van der Waals surface area contributed by atoms with Crippen LogP contribution in [0.5, 0.6) is 5.75 Å². The van der Waals surface area contributed by atoms with E-state index in [0.717, 1.165) is 34.4 Å².